The van der Waals surface area contributed by atoms with Crippen LogP contribution < -0.4 is 5.32 Å². The van der Waals surface area contributed by atoms with Gasteiger partial charge in [0.25, 0.3) is 0 Å². The van der Waals surface area contributed by atoms with Crippen LogP contribution in [0, 0.1) is 11.3 Å². The van der Waals surface area contributed by atoms with Crippen molar-refractivity contribution in [3.63, 3.8) is 0 Å². The van der Waals surface area contributed by atoms with E-state index in [0.29, 0.717) is 6.54 Å². The lowest BCUT2D eigenvalue weighted by molar-refractivity contribution is -0.159. The first-order chi connectivity index (χ1) is 10.7. The number of hydrogen-bond acceptors (Lipinski definition) is 4. The minimum Gasteiger partial charge on any atom is -0.460 e. The summed E-state index contributed by atoms with van der Waals surface area (Å²) < 4.78 is 11.0. The van der Waals surface area contributed by atoms with E-state index in [4.69, 9.17) is 9.47 Å². The maximum Gasteiger partial charge on any atom is 0.311 e. The quantitative estimate of drug-likeness (QED) is 0.486. The van der Waals surface area contributed by atoms with Gasteiger partial charge in [0, 0.05) is 38.7 Å². The zero-order valence-corrected chi connectivity index (χ0v) is 15.1. The molecule has 132 valence electrons. The second-order valence-electron chi connectivity index (χ2n) is 7.98. The number of carbonyl (C=O) groups excluding carboxylic acids is 1. The molecule has 2 unspecified atom stereocenters. The van der Waals surface area contributed by atoms with Gasteiger partial charge in [-0.3, -0.25) is 9.79 Å². The second-order valence-corrected chi connectivity index (χ2v) is 7.98. The zero-order chi connectivity index (χ0) is 17.1. The molecule has 0 aromatic rings. The summed E-state index contributed by atoms with van der Waals surface area (Å²) in [6, 6.07) is 0. The van der Waals surface area contributed by atoms with E-state index in [9.17, 15) is 4.79 Å². The highest BCUT2D eigenvalue weighted by Gasteiger charge is 2.34. The summed E-state index contributed by atoms with van der Waals surface area (Å²) >= 11 is 0. The minimum atomic E-state index is -0.429. The van der Waals surface area contributed by atoms with Crippen molar-refractivity contribution in [2.75, 3.05) is 39.9 Å². The van der Waals surface area contributed by atoms with E-state index < -0.39 is 5.60 Å². The van der Waals surface area contributed by atoms with Crippen molar-refractivity contribution in [1.29, 1.82) is 0 Å². The Balaban J connectivity index is 1.85. The van der Waals surface area contributed by atoms with Crippen molar-refractivity contribution in [3.8, 4) is 0 Å². The van der Waals surface area contributed by atoms with Crippen LogP contribution in [-0.4, -0.2) is 62.3 Å². The van der Waals surface area contributed by atoms with Gasteiger partial charge in [-0.05, 0) is 33.6 Å². The van der Waals surface area contributed by atoms with Crippen LogP contribution in [0.15, 0.2) is 4.99 Å². The van der Waals surface area contributed by atoms with E-state index in [0.717, 1.165) is 45.1 Å². The van der Waals surface area contributed by atoms with Crippen molar-refractivity contribution in [2.24, 2.45) is 16.3 Å². The number of hydrogen-bond donors (Lipinski definition) is 1. The van der Waals surface area contributed by atoms with E-state index in [2.05, 4.69) is 22.1 Å². The van der Waals surface area contributed by atoms with Gasteiger partial charge in [0.1, 0.15) is 5.60 Å². The Bertz CT molecular complexity index is 450. The number of aliphatic imine (C=N–C) groups is 1. The molecule has 0 bridgehead atoms. The molecule has 2 rings (SSSR count). The maximum absolute atomic E-state index is 12.2. The number of esters is 1. The van der Waals surface area contributed by atoms with E-state index in [-0.39, 0.29) is 17.3 Å². The fourth-order valence-corrected chi connectivity index (χ4v) is 3.00. The predicted octanol–water partition coefficient (Wildman–Crippen LogP) is 1.65. The molecule has 2 heterocycles. The molecule has 0 saturated carbocycles. The third kappa shape index (κ3) is 5.09. The van der Waals surface area contributed by atoms with Gasteiger partial charge in [-0.1, -0.05) is 6.92 Å². The number of likely N-dealkylation sites (tertiary alicyclic amines) is 1. The Morgan fingerprint density at radius 3 is 2.78 bits per heavy atom. The zero-order valence-electron chi connectivity index (χ0n) is 15.1. The first kappa shape index (κ1) is 18.0. The molecule has 23 heavy (non-hydrogen) atoms. The summed E-state index contributed by atoms with van der Waals surface area (Å²) in [5.74, 6) is 0.689. The molecule has 0 radical (unpaired) electrons. The third-order valence-electron chi connectivity index (χ3n) is 4.41. The number of carbonyl (C=O) groups is 1. The van der Waals surface area contributed by atoms with Crippen molar-refractivity contribution in [2.45, 2.75) is 46.1 Å². The molecule has 2 saturated heterocycles. The fourth-order valence-electron chi connectivity index (χ4n) is 3.00. The van der Waals surface area contributed by atoms with Gasteiger partial charge in [0.05, 0.1) is 12.5 Å². The van der Waals surface area contributed by atoms with Gasteiger partial charge in [-0.2, -0.15) is 0 Å². The van der Waals surface area contributed by atoms with Gasteiger partial charge in [-0.15, -0.1) is 0 Å². The van der Waals surface area contributed by atoms with Gasteiger partial charge >= 0.3 is 5.97 Å². The van der Waals surface area contributed by atoms with Crippen LogP contribution in [0.25, 0.3) is 0 Å². The largest absolute Gasteiger partial charge is 0.460 e. The normalized spacial score (nSPS) is 29.0. The number of nitrogens with zero attached hydrogens (tertiary/aromatic N) is 2. The lowest BCUT2D eigenvalue weighted by Crippen LogP contribution is -2.45. The van der Waals surface area contributed by atoms with Crippen LogP contribution in [0.2, 0.25) is 0 Å². The van der Waals surface area contributed by atoms with Crippen molar-refractivity contribution in [1.82, 2.24) is 10.2 Å². The Hall–Kier alpha value is -1.30. The summed E-state index contributed by atoms with van der Waals surface area (Å²) in [6.07, 6.45) is 1.88. The van der Waals surface area contributed by atoms with Gasteiger partial charge in [-0.25, -0.2) is 0 Å². The molecule has 6 heteroatoms. The highest BCUT2D eigenvalue weighted by atomic mass is 16.6. The SMILES string of the molecule is CN=C(NCC1(C)CCOC1)N1CCC(C(=O)OC(C)(C)C)C1. The van der Waals surface area contributed by atoms with Crippen LogP contribution >= 0.6 is 0 Å². The molecule has 0 aromatic carbocycles. The average Bonchev–Trinajstić information content (AvgIpc) is 3.07. The summed E-state index contributed by atoms with van der Waals surface area (Å²) in [6.45, 7) is 11.9. The predicted molar refractivity (Wildman–Crippen MR) is 90.4 cm³/mol. The van der Waals surface area contributed by atoms with Crippen molar-refractivity contribution >= 4 is 11.9 Å². The molecular weight excluding hydrogens is 294 g/mol. The summed E-state index contributed by atoms with van der Waals surface area (Å²) in [4.78, 5) is 18.7. The van der Waals surface area contributed by atoms with E-state index in [1.54, 1.807) is 7.05 Å². The summed E-state index contributed by atoms with van der Waals surface area (Å²) in [5, 5.41) is 3.45. The molecule has 6 nitrogen and oxygen atoms in total. The molecule has 0 aromatic heterocycles. The fraction of sp³-hybridized carbons (Fsp3) is 0.882. The molecule has 2 aliphatic heterocycles. The van der Waals surface area contributed by atoms with Gasteiger partial charge in [0.15, 0.2) is 5.96 Å². The summed E-state index contributed by atoms with van der Waals surface area (Å²) in [7, 11) is 1.79. The maximum atomic E-state index is 12.2. The minimum absolute atomic E-state index is 0.0711. The smallest absolute Gasteiger partial charge is 0.311 e. The first-order valence-electron chi connectivity index (χ1n) is 8.49. The molecule has 0 spiro atoms. The molecule has 2 aliphatic rings. The average molecular weight is 325 g/mol. The number of guanidine groups is 1. The Morgan fingerprint density at radius 1 is 1.48 bits per heavy atom. The van der Waals surface area contributed by atoms with Gasteiger partial charge in [0.2, 0.25) is 0 Å². The first-order valence-corrected chi connectivity index (χ1v) is 8.49. The van der Waals surface area contributed by atoms with Crippen LogP contribution in [0.3, 0.4) is 0 Å². The second kappa shape index (κ2) is 7.07. The number of rotatable bonds is 3. The number of nitrogens with one attached hydrogen (secondary N) is 1. The Kier molecular flexibility index (Phi) is 5.55. The molecule has 2 atom stereocenters. The molecule has 2 fully saturated rings. The topological polar surface area (TPSA) is 63.2 Å². The van der Waals surface area contributed by atoms with E-state index in [1.807, 2.05) is 20.8 Å². The van der Waals surface area contributed by atoms with Crippen LogP contribution in [0.1, 0.15) is 40.5 Å². The molecular formula is C17H31N3O3. The van der Waals surface area contributed by atoms with Crippen molar-refractivity contribution < 1.29 is 14.3 Å². The highest BCUT2D eigenvalue weighted by molar-refractivity contribution is 5.82. The van der Waals surface area contributed by atoms with Gasteiger partial charge < -0.3 is 19.7 Å². The van der Waals surface area contributed by atoms with E-state index >= 15 is 0 Å². The van der Waals surface area contributed by atoms with Crippen LogP contribution in [-0.2, 0) is 14.3 Å². The third-order valence-corrected chi connectivity index (χ3v) is 4.41. The van der Waals surface area contributed by atoms with E-state index in [1.165, 1.54) is 0 Å². The monoisotopic (exact) mass is 325 g/mol. The van der Waals surface area contributed by atoms with Crippen LogP contribution in [0.4, 0.5) is 0 Å². The molecule has 0 amide bonds. The van der Waals surface area contributed by atoms with Crippen molar-refractivity contribution in [3.05, 3.63) is 0 Å². The molecule has 0 aliphatic carbocycles. The highest BCUT2D eigenvalue weighted by Crippen LogP contribution is 2.27. The standard InChI is InChI=1S/C17H31N3O3/c1-16(2,3)23-14(21)13-6-8-20(10-13)15(18-5)19-11-17(4)7-9-22-12-17/h13H,6-12H2,1-5H3,(H,18,19). The lowest BCUT2D eigenvalue weighted by Gasteiger charge is -2.27. The Morgan fingerprint density at radius 2 is 2.22 bits per heavy atom. The molecule has 1 N–H and O–H groups in total. The van der Waals surface area contributed by atoms with Crippen LogP contribution in [0.5, 0.6) is 0 Å². The lowest BCUT2D eigenvalue weighted by atomic mass is 9.90. The number of ether oxygens (including phenoxy) is 2. The Labute approximate surface area is 139 Å². The summed E-state index contributed by atoms with van der Waals surface area (Å²) in [5.41, 5.74) is -0.262.